The van der Waals surface area contributed by atoms with Gasteiger partial charge < -0.3 is 19.5 Å². The van der Waals surface area contributed by atoms with E-state index in [0.717, 1.165) is 30.0 Å². The van der Waals surface area contributed by atoms with Crippen LogP contribution in [0.1, 0.15) is 10.5 Å². The molecule has 0 unspecified atom stereocenters. The lowest BCUT2D eigenvalue weighted by Crippen LogP contribution is -2.46. The fourth-order valence-corrected chi connectivity index (χ4v) is 4.29. The van der Waals surface area contributed by atoms with Crippen molar-refractivity contribution in [1.82, 2.24) is 14.8 Å². The van der Waals surface area contributed by atoms with Crippen LogP contribution in [0.3, 0.4) is 0 Å². The van der Waals surface area contributed by atoms with Gasteiger partial charge in [-0.3, -0.25) is 4.79 Å². The molecule has 28 heavy (non-hydrogen) atoms. The van der Waals surface area contributed by atoms with Crippen molar-refractivity contribution in [2.45, 2.75) is 32.4 Å². The summed E-state index contributed by atoms with van der Waals surface area (Å²) in [5.74, 6) is 0.00804. The van der Waals surface area contributed by atoms with E-state index in [-0.39, 0.29) is 18.3 Å². The SMILES string of the molecule is C[Si](C)(C)CCOCn1c(C(=O)N2CCNCC2)cc2c(Cl)c(Cl)ccc21.Cl. The van der Waals surface area contributed by atoms with Crippen LogP contribution < -0.4 is 5.32 Å². The highest BCUT2D eigenvalue weighted by atomic mass is 35.5. The zero-order chi connectivity index (χ0) is 19.6. The Bertz CT molecular complexity index is 830. The van der Waals surface area contributed by atoms with Gasteiger partial charge in [-0.1, -0.05) is 42.8 Å². The van der Waals surface area contributed by atoms with Gasteiger partial charge in [-0.25, -0.2) is 0 Å². The molecule has 156 valence electrons. The topological polar surface area (TPSA) is 46.5 Å². The van der Waals surface area contributed by atoms with Gasteiger partial charge in [0.25, 0.3) is 5.91 Å². The highest BCUT2D eigenvalue weighted by Gasteiger charge is 2.24. The summed E-state index contributed by atoms with van der Waals surface area (Å²) >= 11 is 12.6. The third kappa shape index (κ3) is 5.43. The first-order chi connectivity index (χ1) is 12.8. The Morgan fingerprint density at radius 1 is 1.21 bits per heavy atom. The predicted molar refractivity (Wildman–Crippen MR) is 122 cm³/mol. The minimum atomic E-state index is -1.17. The number of nitrogens with one attached hydrogen (secondary N) is 1. The van der Waals surface area contributed by atoms with E-state index in [2.05, 4.69) is 25.0 Å². The van der Waals surface area contributed by atoms with Crippen molar-refractivity contribution >= 4 is 60.5 Å². The van der Waals surface area contributed by atoms with Gasteiger partial charge in [0.15, 0.2) is 0 Å². The van der Waals surface area contributed by atoms with E-state index in [9.17, 15) is 4.79 Å². The molecule has 0 saturated carbocycles. The first kappa shape index (κ1) is 23.5. The summed E-state index contributed by atoms with van der Waals surface area (Å²) in [6, 6.07) is 6.60. The van der Waals surface area contributed by atoms with Crippen LogP contribution >= 0.6 is 35.6 Å². The minimum Gasteiger partial charge on any atom is -0.361 e. The van der Waals surface area contributed by atoms with Gasteiger partial charge in [-0.15, -0.1) is 12.4 Å². The van der Waals surface area contributed by atoms with E-state index in [1.807, 2.05) is 21.6 Å². The van der Waals surface area contributed by atoms with E-state index in [1.165, 1.54) is 0 Å². The Morgan fingerprint density at radius 3 is 2.54 bits per heavy atom. The van der Waals surface area contributed by atoms with E-state index >= 15 is 0 Å². The number of carbonyl (C=O) groups is 1. The molecule has 1 saturated heterocycles. The summed E-state index contributed by atoms with van der Waals surface area (Å²) in [7, 11) is -1.17. The molecular formula is C19H28Cl3N3O2Si. The Hall–Kier alpha value is -0.763. The lowest BCUT2D eigenvalue weighted by Gasteiger charge is -2.27. The summed E-state index contributed by atoms with van der Waals surface area (Å²) in [4.78, 5) is 15.0. The number of fused-ring (bicyclic) bond motifs is 1. The monoisotopic (exact) mass is 463 g/mol. The van der Waals surface area contributed by atoms with Crippen LogP contribution in [-0.2, 0) is 11.5 Å². The van der Waals surface area contributed by atoms with Crippen molar-refractivity contribution in [2.75, 3.05) is 32.8 Å². The van der Waals surface area contributed by atoms with Gasteiger partial charge in [0, 0.05) is 46.2 Å². The quantitative estimate of drug-likeness (QED) is 0.496. The smallest absolute Gasteiger partial charge is 0.270 e. The fourth-order valence-electron chi connectivity index (χ4n) is 3.15. The van der Waals surface area contributed by atoms with Gasteiger partial charge in [0.2, 0.25) is 0 Å². The molecule has 1 N–H and O–H groups in total. The van der Waals surface area contributed by atoms with Crippen molar-refractivity contribution in [3.8, 4) is 0 Å². The highest BCUT2D eigenvalue weighted by Crippen LogP contribution is 2.33. The van der Waals surface area contributed by atoms with Crippen LogP contribution in [0.4, 0.5) is 0 Å². The second-order valence-electron chi connectivity index (χ2n) is 8.14. The fraction of sp³-hybridized carbons (Fsp3) is 0.526. The molecule has 1 aromatic heterocycles. The lowest BCUT2D eigenvalue weighted by atomic mass is 10.2. The molecule has 0 atom stereocenters. The summed E-state index contributed by atoms with van der Waals surface area (Å²) < 4.78 is 7.87. The first-order valence-electron chi connectivity index (χ1n) is 9.33. The van der Waals surface area contributed by atoms with E-state index in [4.69, 9.17) is 27.9 Å². The first-order valence-corrected chi connectivity index (χ1v) is 13.8. The van der Waals surface area contributed by atoms with Gasteiger partial charge in [0.05, 0.1) is 15.6 Å². The highest BCUT2D eigenvalue weighted by molar-refractivity contribution is 6.76. The van der Waals surface area contributed by atoms with Crippen molar-refractivity contribution < 1.29 is 9.53 Å². The molecule has 0 radical (unpaired) electrons. The van der Waals surface area contributed by atoms with Gasteiger partial charge in [-0.05, 0) is 24.2 Å². The average Bonchev–Trinajstić information content (AvgIpc) is 3.00. The number of carbonyl (C=O) groups excluding carboxylic acids is 1. The molecule has 1 amide bonds. The minimum absolute atomic E-state index is 0. The van der Waals surface area contributed by atoms with E-state index in [0.29, 0.717) is 42.2 Å². The number of hydrogen-bond acceptors (Lipinski definition) is 3. The van der Waals surface area contributed by atoms with Crippen LogP contribution in [0.2, 0.25) is 35.7 Å². The second-order valence-corrected chi connectivity index (χ2v) is 14.5. The zero-order valence-corrected chi connectivity index (χ0v) is 19.9. The normalized spacial score (nSPS) is 15.0. The number of piperazine rings is 1. The Labute approximate surface area is 183 Å². The Balaban J connectivity index is 0.00000280. The molecule has 3 rings (SSSR count). The number of halogens is 3. The largest absolute Gasteiger partial charge is 0.361 e. The molecule has 1 fully saturated rings. The number of ether oxygens (including phenoxy) is 1. The van der Waals surface area contributed by atoms with Crippen molar-refractivity contribution in [2.24, 2.45) is 0 Å². The van der Waals surface area contributed by atoms with Crippen LogP contribution in [0.5, 0.6) is 0 Å². The molecule has 2 aromatic rings. The Morgan fingerprint density at radius 2 is 1.89 bits per heavy atom. The number of hydrogen-bond donors (Lipinski definition) is 1. The maximum absolute atomic E-state index is 13.1. The summed E-state index contributed by atoms with van der Waals surface area (Å²) in [6.45, 7) is 11.0. The van der Waals surface area contributed by atoms with Crippen molar-refractivity contribution in [3.05, 3.63) is 33.9 Å². The molecular weight excluding hydrogens is 437 g/mol. The number of nitrogens with zero attached hydrogens (tertiary/aromatic N) is 2. The second kappa shape index (κ2) is 9.83. The van der Waals surface area contributed by atoms with Gasteiger partial charge in [0.1, 0.15) is 12.4 Å². The molecule has 2 heterocycles. The summed E-state index contributed by atoms with van der Waals surface area (Å²) in [5, 5.41) is 5.03. The standard InChI is InChI=1S/C19H27Cl2N3O2Si.ClH/c1-27(2,3)11-10-26-13-24-16-5-4-15(20)18(21)14(16)12-17(24)19(25)23-8-6-22-7-9-23;/h4-5,12,22H,6-11,13H2,1-3H3;1H. The maximum Gasteiger partial charge on any atom is 0.270 e. The van der Waals surface area contributed by atoms with Crippen LogP contribution in [0.25, 0.3) is 10.9 Å². The predicted octanol–water partition coefficient (Wildman–Crippen LogP) is 4.73. The summed E-state index contributed by atoms with van der Waals surface area (Å²) in [5.41, 5.74) is 1.47. The van der Waals surface area contributed by atoms with Gasteiger partial charge in [-0.2, -0.15) is 0 Å². The molecule has 0 aliphatic carbocycles. The van der Waals surface area contributed by atoms with Gasteiger partial charge >= 0.3 is 0 Å². The molecule has 0 bridgehead atoms. The number of aromatic nitrogens is 1. The molecule has 5 nitrogen and oxygen atoms in total. The lowest BCUT2D eigenvalue weighted by molar-refractivity contribution is 0.0666. The number of benzene rings is 1. The molecule has 1 aliphatic rings. The Kier molecular flexibility index (Phi) is 8.25. The number of rotatable bonds is 6. The van der Waals surface area contributed by atoms with Crippen molar-refractivity contribution in [1.29, 1.82) is 0 Å². The van der Waals surface area contributed by atoms with Crippen LogP contribution in [0, 0.1) is 0 Å². The van der Waals surface area contributed by atoms with E-state index < -0.39 is 8.07 Å². The third-order valence-electron chi connectivity index (χ3n) is 4.81. The zero-order valence-electron chi connectivity index (χ0n) is 16.6. The molecule has 0 spiro atoms. The molecule has 1 aliphatic heterocycles. The van der Waals surface area contributed by atoms with Crippen molar-refractivity contribution in [3.63, 3.8) is 0 Å². The van der Waals surface area contributed by atoms with E-state index in [1.54, 1.807) is 6.07 Å². The third-order valence-corrected chi connectivity index (χ3v) is 7.34. The van der Waals surface area contributed by atoms with Crippen LogP contribution in [-0.4, -0.2) is 56.2 Å². The van der Waals surface area contributed by atoms with Crippen LogP contribution in [0.15, 0.2) is 18.2 Å². The molecule has 1 aromatic carbocycles. The maximum atomic E-state index is 13.1. The number of amides is 1. The summed E-state index contributed by atoms with van der Waals surface area (Å²) in [6.07, 6.45) is 0. The molecule has 9 heteroatoms. The average molecular weight is 465 g/mol.